The summed E-state index contributed by atoms with van der Waals surface area (Å²) < 4.78 is 15.7. The Morgan fingerprint density at radius 3 is 2.84 bits per heavy atom. The van der Waals surface area contributed by atoms with Crippen LogP contribution < -0.4 is 44.1 Å². The van der Waals surface area contributed by atoms with E-state index in [1.54, 1.807) is 6.92 Å². The van der Waals surface area contributed by atoms with Crippen LogP contribution in [0.15, 0.2) is 18.2 Å². The van der Waals surface area contributed by atoms with E-state index in [0.717, 1.165) is 17.1 Å². The molecule has 0 saturated carbocycles. The first-order valence-electron chi connectivity index (χ1n) is 5.91. The third-order valence-corrected chi connectivity index (χ3v) is 2.78. The number of rotatable bonds is 6. The van der Waals surface area contributed by atoms with Gasteiger partial charge in [0, 0.05) is 0 Å². The van der Waals surface area contributed by atoms with Crippen LogP contribution in [0.25, 0.3) is 0 Å². The van der Waals surface area contributed by atoms with Crippen LogP contribution in [0.1, 0.15) is 18.9 Å². The Labute approximate surface area is 134 Å². The quantitative estimate of drug-likeness (QED) is 0.537. The van der Waals surface area contributed by atoms with E-state index in [0.29, 0.717) is 19.4 Å². The van der Waals surface area contributed by atoms with Crippen LogP contribution in [0.5, 0.6) is 11.5 Å². The van der Waals surface area contributed by atoms with E-state index in [1.807, 2.05) is 18.2 Å². The normalized spacial score (nSPS) is 13.7. The van der Waals surface area contributed by atoms with Gasteiger partial charge in [0.25, 0.3) is 0 Å². The maximum atomic E-state index is 10.7. The number of carbonyl (C=O) groups is 1. The summed E-state index contributed by atoms with van der Waals surface area (Å²) in [6.45, 7) is 2.34. The van der Waals surface area contributed by atoms with Gasteiger partial charge in [0.15, 0.2) is 11.5 Å². The Morgan fingerprint density at radius 2 is 2.16 bits per heavy atom. The van der Waals surface area contributed by atoms with Crippen molar-refractivity contribution < 1.29 is 53.7 Å². The van der Waals surface area contributed by atoms with Crippen molar-refractivity contribution in [3.05, 3.63) is 23.8 Å². The molecule has 1 unspecified atom stereocenters. The predicted octanol–water partition coefficient (Wildman–Crippen LogP) is -2.49. The fraction of sp³-hybridized carbons (Fsp3) is 0.462. The molecular weight excluding hydrogens is 259 g/mol. The van der Waals surface area contributed by atoms with Gasteiger partial charge in [-0.2, -0.15) is 0 Å². The minimum Gasteiger partial charge on any atom is -0.547 e. The van der Waals surface area contributed by atoms with Crippen LogP contribution in [-0.2, 0) is 16.0 Å². The molecule has 1 aromatic rings. The first kappa shape index (κ1) is 16.3. The summed E-state index contributed by atoms with van der Waals surface area (Å²) in [6.07, 6.45) is 0.197. The zero-order chi connectivity index (χ0) is 13.0. The molecule has 98 valence electrons. The molecule has 0 saturated heterocycles. The minimum atomic E-state index is -1.16. The topological polar surface area (TPSA) is 67.8 Å². The van der Waals surface area contributed by atoms with Gasteiger partial charge in [-0.1, -0.05) is 13.0 Å². The van der Waals surface area contributed by atoms with Gasteiger partial charge in [0.1, 0.15) is 0 Å². The molecule has 1 aliphatic heterocycles. The zero-order valence-corrected chi connectivity index (χ0v) is 13.2. The number of hydrogen-bond acceptors (Lipinski definition) is 5. The number of benzene rings is 1. The third kappa shape index (κ3) is 4.38. The number of carbonyl (C=O) groups excluding carboxylic acids is 1. The number of ether oxygens (including phenoxy) is 3. The number of aliphatic carboxylic acids is 1. The summed E-state index contributed by atoms with van der Waals surface area (Å²) in [6, 6.07) is 5.64. The van der Waals surface area contributed by atoms with Crippen molar-refractivity contribution in [2.24, 2.45) is 0 Å². The molecular formula is C13H15NaO5. The second kappa shape index (κ2) is 7.75. The van der Waals surface area contributed by atoms with E-state index in [2.05, 4.69) is 0 Å². The van der Waals surface area contributed by atoms with Crippen molar-refractivity contribution in [3.8, 4) is 11.5 Å². The summed E-state index contributed by atoms with van der Waals surface area (Å²) >= 11 is 0. The Bertz CT molecular complexity index is 435. The van der Waals surface area contributed by atoms with E-state index < -0.39 is 12.1 Å². The molecule has 0 radical (unpaired) electrons. The number of carboxylic acids is 1. The van der Waals surface area contributed by atoms with Crippen LogP contribution >= 0.6 is 0 Å². The molecule has 5 nitrogen and oxygen atoms in total. The van der Waals surface area contributed by atoms with Crippen LogP contribution in [-0.4, -0.2) is 25.5 Å². The van der Waals surface area contributed by atoms with Gasteiger partial charge >= 0.3 is 29.6 Å². The SMILES string of the molecule is CCC(OCCc1ccc2c(c1)OCO2)C(=O)[O-].[Na+]. The van der Waals surface area contributed by atoms with Crippen LogP contribution in [0.4, 0.5) is 0 Å². The monoisotopic (exact) mass is 274 g/mol. The molecule has 2 rings (SSSR count). The molecule has 0 bridgehead atoms. The van der Waals surface area contributed by atoms with Crippen LogP contribution in [0.3, 0.4) is 0 Å². The maximum Gasteiger partial charge on any atom is 1.00 e. The fourth-order valence-electron chi connectivity index (χ4n) is 1.77. The van der Waals surface area contributed by atoms with E-state index in [4.69, 9.17) is 14.2 Å². The summed E-state index contributed by atoms with van der Waals surface area (Å²) in [4.78, 5) is 10.7. The minimum absolute atomic E-state index is 0. The van der Waals surface area contributed by atoms with Crippen LogP contribution in [0, 0.1) is 0 Å². The molecule has 1 heterocycles. The third-order valence-electron chi connectivity index (χ3n) is 2.78. The molecule has 0 fully saturated rings. The van der Waals surface area contributed by atoms with Crippen molar-refractivity contribution in [2.75, 3.05) is 13.4 Å². The number of fused-ring (bicyclic) bond motifs is 1. The van der Waals surface area contributed by atoms with Gasteiger partial charge in [-0.05, 0) is 30.5 Å². The van der Waals surface area contributed by atoms with E-state index in [-0.39, 0.29) is 36.4 Å². The molecule has 6 heteroatoms. The van der Waals surface area contributed by atoms with Gasteiger partial charge in [-0.3, -0.25) is 0 Å². The standard InChI is InChI=1S/C13H16O5.Na/c1-2-10(13(14)15)16-6-5-9-3-4-11-12(7-9)18-8-17-11;/h3-4,7,10H,2,5-6,8H2,1H3,(H,14,15);/q;+1/p-1. The molecule has 0 amide bonds. The Morgan fingerprint density at radius 1 is 1.42 bits per heavy atom. The Balaban J connectivity index is 0.00000180. The van der Waals surface area contributed by atoms with E-state index in [1.165, 1.54) is 0 Å². The number of hydrogen-bond donors (Lipinski definition) is 0. The fourth-order valence-corrected chi connectivity index (χ4v) is 1.77. The maximum absolute atomic E-state index is 10.7. The van der Waals surface area contributed by atoms with E-state index >= 15 is 0 Å². The summed E-state index contributed by atoms with van der Waals surface area (Å²) in [5, 5.41) is 10.7. The first-order valence-corrected chi connectivity index (χ1v) is 5.91. The van der Waals surface area contributed by atoms with Crippen molar-refractivity contribution in [1.82, 2.24) is 0 Å². The van der Waals surface area contributed by atoms with Gasteiger partial charge < -0.3 is 24.1 Å². The summed E-state index contributed by atoms with van der Waals surface area (Å²) in [5.41, 5.74) is 1.02. The van der Waals surface area contributed by atoms with E-state index in [9.17, 15) is 9.90 Å². The van der Waals surface area contributed by atoms with Crippen LogP contribution in [0.2, 0.25) is 0 Å². The van der Waals surface area contributed by atoms with Gasteiger partial charge in [0.05, 0.1) is 18.7 Å². The molecule has 0 aliphatic carbocycles. The second-order valence-electron chi connectivity index (χ2n) is 4.02. The summed E-state index contributed by atoms with van der Waals surface area (Å²) in [5.74, 6) is 0.295. The molecule has 0 spiro atoms. The first-order chi connectivity index (χ1) is 8.70. The second-order valence-corrected chi connectivity index (χ2v) is 4.02. The number of carboxylic acid groups (broad SMARTS) is 1. The van der Waals surface area contributed by atoms with Crippen molar-refractivity contribution in [2.45, 2.75) is 25.9 Å². The largest absolute Gasteiger partial charge is 1.00 e. The summed E-state index contributed by atoms with van der Waals surface area (Å²) in [7, 11) is 0. The van der Waals surface area contributed by atoms with Crippen molar-refractivity contribution >= 4 is 5.97 Å². The average Bonchev–Trinajstić information content (AvgIpc) is 2.81. The average molecular weight is 274 g/mol. The Hall–Kier alpha value is -0.750. The molecule has 1 atom stereocenters. The smallest absolute Gasteiger partial charge is 0.547 e. The van der Waals surface area contributed by atoms with Gasteiger partial charge in [-0.15, -0.1) is 0 Å². The Kier molecular flexibility index (Phi) is 6.65. The predicted molar refractivity (Wildman–Crippen MR) is 61.3 cm³/mol. The molecule has 0 aromatic heterocycles. The molecule has 19 heavy (non-hydrogen) atoms. The molecule has 1 aromatic carbocycles. The molecule has 0 N–H and O–H groups in total. The molecule has 1 aliphatic rings. The zero-order valence-electron chi connectivity index (χ0n) is 11.2. The van der Waals surface area contributed by atoms with Gasteiger partial charge in [-0.25, -0.2) is 0 Å². The van der Waals surface area contributed by atoms with Gasteiger partial charge in [0.2, 0.25) is 6.79 Å². The van der Waals surface area contributed by atoms with Crippen molar-refractivity contribution in [1.29, 1.82) is 0 Å². The van der Waals surface area contributed by atoms with Crippen molar-refractivity contribution in [3.63, 3.8) is 0 Å².